The molecule has 3 nitrogen and oxygen atoms in total. The summed E-state index contributed by atoms with van der Waals surface area (Å²) >= 11 is 3.20. The minimum atomic E-state index is -4.70. The van der Waals surface area contributed by atoms with Crippen LogP contribution >= 0.6 is 15.9 Å². The van der Waals surface area contributed by atoms with Gasteiger partial charge in [-0.15, -0.1) is 0 Å². The molecule has 1 aromatic carbocycles. The normalized spacial score (nSPS) is 24.3. The first kappa shape index (κ1) is 13.9. The van der Waals surface area contributed by atoms with E-state index in [1.54, 1.807) is 0 Å². The highest BCUT2D eigenvalue weighted by molar-refractivity contribution is 9.10. The number of hydrogen-bond acceptors (Lipinski definition) is 3. The average molecular weight is 356 g/mol. The van der Waals surface area contributed by atoms with Crippen LogP contribution in [0.4, 0.5) is 17.6 Å². The Morgan fingerprint density at radius 1 is 1.05 bits per heavy atom. The molecule has 20 heavy (non-hydrogen) atoms. The topological polar surface area (TPSA) is 44.5 Å². The van der Waals surface area contributed by atoms with E-state index in [1.165, 1.54) is 12.1 Å². The number of hydrogen-bond donors (Lipinski definition) is 1. The summed E-state index contributed by atoms with van der Waals surface area (Å²) in [6, 6.07) is 2.45. The van der Waals surface area contributed by atoms with Crippen molar-refractivity contribution < 1.29 is 27.0 Å². The number of rotatable bonds is 2. The quantitative estimate of drug-likeness (QED) is 0.826. The van der Waals surface area contributed by atoms with Crippen LogP contribution in [0, 0.1) is 0 Å². The van der Waals surface area contributed by atoms with Gasteiger partial charge in [0.2, 0.25) is 0 Å². The van der Waals surface area contributed by atoms with E-state index < -0.39 is 23.7 Å². The van der Waals surface area contributed by atoms with Crippen LogP contribution in [0.1, 0.15) is 18.4 Å². The van der Waals surface area contributed by atoms with Crippen molar-refractivity contribution in [2.75, 3.05) is 0 Å². The van der Waals surface area contributed by atoms with Crippen LogP contribution in [0.5, 0.6) is 11.5 Å². The van der Waals surface area contributed by atoms with Crippen LogP contribution in [-0.2, 0) is 6.42 Å². The third-order valence-corrected chi connectivity index (χ3v) is 4.10. The second-order valence-corrected chi connectivity index (χ2v) is 6.02. The molecule has 1 heterocycles. The molecule has 1 saturated carbocycles. The summed E-state index contributed by atoms with van der Waals surface area (Å²) in [6.07, 6.45) is -7.28. The highest BCUT2D eigenvalue weighted by atomic mass is 79.9. The SMILES string of the molecule is NC1(Cc2cc3c(cc2Br)OC(F)(F)C(F)(F)O3)CC1. The Bertz CT molecular complexity index is 575. The Morgan fingerprint density at radius 3 is 2.05 bits per heavy atom. The molecule has 2 aliphatic rings. The van der Waals surface area contributed by atoms with Crippen molar-refractivity contribution in [3.05, 3.63) is 22.2 Å². The van der Waals surface area contributed by atoms with Gasteiger partial charge in [0.15, 0.2) is 11.5 Å². The second kappa shape index (κ2) is 4.00. The molecule has 0 saturated heterocycles. The first-order chi connectivity index (χ1) is 9.12. The van der Waals surface area contributed by atoms with Crippen LogP contribution < -0.4 is 15.2 Å². The first-order valence-electron chi connectivity index (χ1n) is 5.87. The van der Waals surface area contributed by atoms with Gasteiger partial charge in [0.05, 0.1) is 0 Å². The van der Waals surface area contributed by atoms with E-state index in [2.05, 4.69) is 25.4 Å². The van der Waals surface area contributed by atoms with E-state index in [9.17, 15) is 17.6 Å². The van der Waals surface area contributed by atoms with Crippen LogP contribution in [0.25, 0.3) is 0 Å². The minimum Gasteiger partial charge on any atom is -0.421 e. The molecular formula is C12H10BrF4NO2. The molecule has 3 rings (SSSR count). The molecule has 1 aromatic rings. The van der Waals surface area contributed by atoms with E-state index in [-0.39, 0.29) is 5.54 Å². The zero-order valence-corrected chi connectivity index (χ0v) is 11.6. The van der Waals surface area contributed by atoms with Gasteiger partial charge in [-0.25, -0.2) is 0 Å². The van der Waals surface area contributed by atoms with Crippen molar-refractivity contribution in [1.29, 1.82) is 0 Å². The molecule has 1 aliphatic heterocycles. The lowest BCUT2D eigenvalue weighted by Crippen LogP contribution is -2.52. The van der Waals surface area contributed by atoms with Crippen LogP contribution in [0.3, 0.4) is 0 Å². The third-order valence-electron chi connectivity index (χ3n) is 3.36. The summed E-state index contributed by atoms with van der Waals surface area (Å²) in [7, 11) is 0. The fourth-order valence-electron chi connectivity index (χ4n) is 1.98. The molecule has 0 spiro atoms. The van der Waals surface area contributed by atoms with Gasteiger partial charge in [-0.2, -0.15) is 17.6 Å². The summed E-state index contributed by atoms with van der Waals surface area (Å²) in [4.78, 5) is 0. The maximum absolute atomic E-state index is 13.1. The van der Waals surface area contributed by atoms with Gasteiger partial charge < -0.3 is 15.2 Å². The van der Waals surface area contributed by atoms with Gasteiger partial charge in [-0.1, -0.05) is 15.9 Å². The molecule has 2 N–H and O–H groups in total. The summed E-state index contributed by atoms with van der Waals surface area (Å²) in [5, 5.41) is 0. The number of halogens is 5. The van der Waals surface area contributed by atoms with Crippen molar-refractivity contribution >= 4 is 15.9 Å². The minimum absolute atomic E-state index is 0.348. The lowest BCUT2D eigenvalue weighted by molar-refractivity contribution is -0.391. The molecule has 0 amide bonds. The average Bonchev–Trinajstić information content (AvgIpc) is 3.00. The van der Waals surface area contributed by atoms with E-state index >= 15 is 0 Å². The van der Waals surface area contributed by atoms with Gasteiger partial charge in [0.25, 0.3) is 0 Å². The molecule has 1 fully saturated rings. The van der Waals surface area contributed by atoms with Gasteiger partial charge in [0, 0.05) is 10.0 Å². The Hall–Kier alpha value is -1.02. The highest BCUT2D eigenvalue weighted by Crippen LogP contribution is 2.49. The zero-order valence-electron chi connectivity index (χ0n) is 10.1. The van der Waals surface area contributed by atoms with Crippen molar-refractivity contribution in [2.45, 2.75) is 37.0 Å². The van der Waals surface area contributed by atoms with Crippen LogP contribution in [0.2, 0.25) is 0 Å². The summed E-state index contributed by atoms with van der Waals surface area (Å²) in [6.45, 7) is 0. The number of fused-ring (bicyclic) bond motifs is 1. The summed E-state index contributed by atoms with van der Waals surface area (Å²) < 4.78 is 60.9. The Balaban J connectivity index is 1.97. The summed E-state index contributed by atoms with van der Waals surface area (Å²) in [5.74, 6) is -0.846. The predicted molar refractivity (Wildman–Crippen MR) is 65.1 cm³/mol. The molecule has 0 atom stereocenters. The molecule has 0 unspecified atom stereocenters. The second-order valence-electron chi connectivity index (χ2n) is 5.17. The van der Waals surface area contributed by atoms with Crippen LogP contribution in [0.15, 0.2) is 16.6 Å². The number of nitrogens with two attached hydrogens (primary N) is 1. The maximum atomic E-state index is 13.1. The molecular weight excluding hydrogens is 346 g/mol. The predicted octanol–water partition coefficient (Wildman–Crippen LogP) is 3.44. The van der Waals surface area contributed by atoms with E-state index in [1.807, 2.05) is 0 Å². The van der Waals surface area contributed by atoms with Crippen molar-refractivity contribution in [2.24, 2.45) is 5.73 Å². The molecule has 110 valence electrons. The van der Waals surface area contributed by atoms with E-state index in [0.29, 0.717) is 16.5 Å². The van der Waals surface area contributed by atoms with Gasteiger partial charge in [-0.05, 0) is 37.0 Å². The summed E-state index contributed by atoms with van der Waals surface area (Å²) in [5.41, 5.74) is 6.23. The molecule has 0 radical (unpaired) electrons. The molecule has 0 aromatic heterocycles. The lowest BCUT2D eigenvalue weighted by Gasteiger charge is -2.32. The number of alkyl halides is 4. The molecule has 8 heteroatoms. The maximum Gasteiger partial charge on any atom is 0.507 e. The first-order valence-corrected chi connectivity index (χ1v) is 6.66. The monoisotopic (exact) mass is 355 g/mol. The molecule has 0 bridgehead atoms. The Morgan fingerprint density at radius 2 is 1.55 bits per heavy atom. The smallest absolute Gasteiger partial charge is 0.421 e. The largest absolute Gasteiger partial charge is 0.507 e. The highest BCUT2D eigenvalue weighted by Gasteiger charge is 2.66. The van der Waals surface area contributed by atoms with Crippen molar-refractivity contribution in [1.82, 2.24) is 0 Å². The van der Waals surface area contributed by atoms with Gasteiger partial charge in [0.1, 0.15) is 0 Å². The van der Waals surface area contributed by atoms with Crippen LogP contribution in [-0.4, -0.2) is 17.8 Å². The van der Waals surface area contributed by atoms with Crippen molar-refractivity contribution in [3.63, 3.8) is 0 Å². The van der Waals surface area contributed by atoms with Gasteiger partial charge in [-0.3, -0.25) is 0 Å². The number of benzene rings is 1. The fraction of sp³-hybridized carbons (Fsp3) is 0.500. The standard InChI is InChI=1S/C12H10BrF4NO2/c13-7-4-9-8(3-6(7)5-10(18)1-2-10)19-11(14,15)12(16,17)20-9/h3-4H,1-2,5,18H2. The fourth-order valence-corrected chi connectivity index (χ4v) is 2.45. The molecule has 1 aliphatic carbocycles. The third kappa shape index (κ3) is 2.24. The number of ether oxygens (including phenoxy) is 2. The Labute approximate surface area is 120 Å². The van der Waals surface area contributed by atoms with Gasteiger partial charge >= 0.3 is 12.2 Å². The van der Waals surface area contributed by atoms with E-state index in [0.717, 1.165) is 12.8 Å². The van der Waals surface area contributed by atoms with E-state index in [4.69, 9.17) is 5.73 Å². The lowest BCUT2D eigenvalue weighted by atomic mass is 10.0. The van der Waals surface area contributed by atoms with Crippen molar-refractivity contribution in [3.8, 4) is 11.5 Å². The Kier molecular flexibility index (Phi) is 2.79. The zero-order chi connectivity index (χ0) is 14.8.